The van der Waals surface area contributed by atoms with Gasteiger partial charge in [-0.25, -0.2) is 0 Å². The zero-order chi connectivity index (χ0) is 42.2. The summed E-state index contributed by atoms with van der Waals surface area (Å²) in [5.41, 5.74) is 21.4. The fraction of sp³-hybridized carbons (Fsp3) is 0.115. The first-order valence-corrected chi connectivity index (χ1v) is 23.1. The summed E-state index contributed by atoms with van der Waals surface area (Å²) >= 11 is 1.88. The number of anilines is 3. The molecule has 0 amide bonds. The molecule has 0 bridgehead atoms. The highest BCUT2D eigenvalue weighted by Crippen LogP contribution is 2.63. The van der Waals surface area contributed by atoms with Crippen molar-refractivity contribution in [2.45, 2.75) is 43.9 Å². The molecule has 1 heterocycles. The molecule has 13 rings (SSSR count). The number of hydrogen-bond acceptors (Lipinski definition) is 2. The van der Waals surface area contributed by atoms with Crippen LogP contribution in [0.15, 0.2) is 200 Å². The molecule has 0 saturated heterocycles. The molecule has 0 atom stereocenters. The van der Waals surface area contributed by atoms with E-state index in [0.29, 0.717) is 0 Å². The van der Waals surface area contributed by atoms with Crippen LogP contribution in [0.5, 0.6) is 0 Å². The van der Waals surface area contributed by atoms with Crippen LogP contribution in [0.2, 0.25) is 0 Å². The highest BCUT2D eigenvalue weighted by molar-refractivity contribution is 7.25. The highest BCUT2D eigenvalue weighted by Gasteiger charge is 2.53. The second-order valence-corrected chi connectivity index (χ2v) is 19.9. The quantitative estimate of drug-likeness (QED) is 0.171. The molecule has 0 saturated carbocycles. The Kier molecular flexibility index (Phi) is 7.57. The van der Waals surface area contributed by atoms with Crippen LogP contribution in [0.3, 0.4) is 0 Å². The summed E-state index contributed by atoms with van der Waals surface area (Å²) in [5, 5.41) is 2.66. The van der Waals surface area contributed by atoms with Gasteiger partial charge in [-0.05, 0) is 126 Å². The molecule has 2 heteroatoms. The first-order chi connectivity index (χ1) is 30.8. The molecule has 1 aromatic heterocycles. The van der Waals surface area contributed by atoms with Crippen molar-refractivity contribution in [3.63, 3.8) is 0 Å². The molecule has 3 aliphatic carbocycles. The van der Waals surface area contributed by atoms with Gasteiger partial charge >= 0.3 is 0 Å². The van der Waals surface area contributed by atoms with E-state index in [-0.39, 0.29) is 10.8 Å². The Morgan fingerprint density at radius 1 is 0.333 bits per heavy atom. The van der Waals surface area contributed by atoms with Gasteiger partial charge in [-0.15, -0.1) is 11.3 Å². The van der Waals surface area contributed by atoms with Gasteiger partial charge in [0, 0.05) is 48.1 Å². The van der Waals surface area contributed by atoms with Gasteiger partial charge < -0.3 is 4.90 Å². The van der Waals surface area contributed by atoms with Crippen LogP contribution in [-0.4, -0.2) is 0 Å². The predicted octanol–water partition coefficient (Wildman–Crippen LogP) is 16.5. The van der Waals surface area contributed by atoms with Crippen LogP contribution in [-0.2, 0) is 16.2 Å². The van der Waals surface area contributed by atoms with E-state index in [4.69, 9.17) is 0 Å². The molecular formula is C61H45NS. The lowest BCUT2D eigenvalue weighted by Crippen LogP contribution is -2.40. The van der Waals surface area contributed by atoms with Crippen molar-refractivity contribution in [3.8, 4) is 33.4 Å². The Labute approximate surface area is 373 Å². The summed E-state index contributed by atoms with van der Waals surface area (Å²) in [5.74, 6) is 0. The molecule has 300 valence electrons. The summed E-state index contributed by atoms with van der Waals surface area (Å²) in [4.78, 5) is 2.51. The molecule has 1 spiro atoms. The Hall–Kier alpha value is -7.00. The van der Waals surface area contributed by atoms with Crippen molar-refractivity contribution >= 4 is 48.6 Å². The lowest BCUT2D eigenvalue weighted by Gasteiger charge is -2.46. The number of hydrogen-bond donors (Lipinski definition) is 0. The Morgan fingerprint density at radius 2 is 0.794 bits per heavy atom. The Morgan fingerprint density at radius 3 is 1.48 bits per heavy atom. The van der Waals surface area contributed by atoms with Crippen molar-refractivity contribution < 1.29 is 0 Å². The van der Waals surface area contributed by atoms with Gasteiger partial charge in [0.05, 0.1) is 5.41 Å². The molecular weight excluding hydrogens is 779 g/mol. The van der Waals surface area contributed by atoms with E-state index in [9.17, 15) is 0 Å². The topological polar surface area (TPSA) is 3.24 Å². The summed E-state index contributed by atoms with van der Waals surface area (Å²) in [6, 6.07) is 75.9. The van der Waals surface area contributed by atoms with E-state index in [1.54, 1.807) is 0 Å². The first-order valence-electron chi connectivity index (χ1n) is 22.3. The van der Waals surface area contributed by atoms with Crippen molar-refractivity contribution in [3.05, 3.63) is 245 Å². The molecule has 0 unspecified atom stereocenters. The number of nitrogens with zero attached hydrogens (tertiary/aromatic N) is 1. The molecule has 0 N–H and O–H groups in total. The van der Waals surface area contributed by atoms with Gasteiger partial charge in [0.1, 0.15) is 0 Å². The average molecular weight is 824 g/mol. The molecule has 0 fully saturated rings. The molecule has 10 aromatic rings. The summed E-state index contributed by atoms with van der Waals surface area (Å²) in [7, 11) is 0. The van der Waals surface area contributed by atoms with E-state index < -0.39 is 5.41 Å². The summed E-state index contributed by atoms with van der Waals surface area (Å²) in [6.07, 6.45) is 0. The van der Waals surface area contributed by atoms with Gasteiger partial charge in [-0.1, -0.05) is 179 Å². The molecule has 9 aromatic carbocycles. The predicted molar refractivity (Wildman–Crippen MR) is 266 cm³/mol. The lowest BCUT2D eigenvalue weighted by molar-refractivity contribution is 0.563. The van der Waals surface area contributed by atoms with Crippen LogP contribution in [0.1, 0.15) is 72.2 Å². The Bertz CT molecular complexity index is 3480. The van der Waals surface area contributed by atoms with Crippen LogP contribution >= 0.6 is 11.3 Å². The van der Waals surface area contributed by atoms with Crippen LogP contribution in [0.4, 0.5) is 17.1 Å². The number of thiophene rings is 1. The minimum Gasteiger partial charge on any atom is -0.310 e. The third-order valence-electron chi connectivity index (χ3n) is 15.0. The zero-order valence-corrected chi connectivity index (χ0v) is 36.7. The van der Waals surface area contributed by atoms with Gasteiger partial charge in [-0.2, -0.15) is 0 Å². The number of rotatable bonds is 4. The largest absolute Gasteiger partial charge is 0.310 e. The van der Waals surface area contributed by atoms with E-state index in [2.05, 4.69) is 233 Å². The minimum absolute atomic E-state index is 0.134. The zero-order valence-electron chi connectivity index (χ0n) is 35.9. The maximum Gasteiger partial charge on any atom is 0.0720 e. The minimum atomic E-state index is -0.482. The monoisotopic (exact) mass is 823 g/mol. The second kappa shape index (κ2) is 13.0. The van der Waals surface area contributed by atoms with Crippen molar-refractivity contribution in [1.29, 1.82) is 0 Å². The molecule has 3 aliphatic rings. The second-order valence-electron chi connectivity index (χ2n) is 18.8. The first kappa shape index (κ1) is 36.6. The number of fused-ring (bicyclic) bond motifs is 15. The Balaban J connectivity index is 1.05. The van der Waals surface area contributed by atoms with Gasteiger partial charge in [0.15, 0.2) is 0 Å². The average Bonchev–Trinajstić information content (AvgIpc) is 3.93. The third kappa shape index (κ3) is 4.88. The lowest BCUT2D eigenvalue weighted by atomic mass is 9.55. The van der Waals surface area contributed by atoms with Gasteiger partial charge in [0.2, 0.25) is 0 Å². The van der Waals surface area contributed by atoms with Crippen LogP contribution in [0.25, 0.3) is 53.6 Å². The maximum absolute atomic E-state index is 2.53. The van der Waals surface area contributed by atoms with E-state index >= 15 is 0 Å². The molecule has 63 heavy (non-hydrogen) atoms. The van der Waals surface area contributed by atoms with Crippen LogP contribution in [0, 0.1) is 0 Å². The molecule has 1 nitrogen and oxygen atoms in total. The van der Waals surface area contributed by atoms with Gasteiger partial charge in [-0.3, -0.25) is 0 Å². The van der Waals surface area contributed by atoms with Crippen molar-refractivity contribution in [2.75, 3.05) is 4.90 Å². The van der Waals surface area contributed by atoms with Crippen molar-refractivity contribution in [2.24, 2.45) is 0 Å². The van der Waals surface area contributed by atoms with E-state index in [1.165, 1.54) is 98.1 Å². The van der Waals surface area contributed by atoms with Crippen molar-refractivity contribution in [1.82, 2.24) is 0 Å². The summed E-state index contributed by atoms with van der Waals surface area (Å²) < 4.78 is 2.65. The smallest absolute Gasteiger partial charge is 0.0720 e. The highest BCUT2D eigenvalue weighted by atomic mass is 32.1. The fourth-order valence-electron chi connectivity index (χ4n) is 12.1. The van der Waals surface area contributed by atoms with E-state index in [1.807, 2.05) is 11.3 Å². The maximum atomic E-state index is 2.53. The molecule has 0 radical (unpaired) electrons. The molecule has 0 aliphatic heterocycles. The fourth-order valence-corrected chi connectivity index (χ4v) is 13.2. The van der Waals surface area contributed by atoms with Gasteiger partial charge in [0.25, 0.3) is 0 Å². The third-order valence-corrected chi connectivity index (χ3v) is 16.1. The SMILES string of the molecule is CC1(C)c2ccccc2-c2ccc(N(c3ccc(-c4cccc5sc6ccccc6c45)cc3)c3ccc4c(c3)C3(c5ccccc5-4)c4ccccc4C(C)(C)c4ccccc43)cc21. The standard InChI is InChI=1S/C61H45NS/c1-59(2)48-20-8-5-16-43(48)45-34-32-40(36-54(45)59)62(39-30-28-38(29-31-39)42-19-15-27-57-58(42)47-18-7-14-26-56(47)63-57)41-33-35-46-44-17-6-9-21-49(44)61(55(46)37-41)52-24-12-10-22-50(52)60(3,4)51-23-11-13-25-53(51)61/h5-37H,1-4H3. The van der Waals surface area contributed by atoms with E-state index in [0.717, 1.165) is 17.1 Å². The number of benzene rings is 9. The normalized spacial score (nSPS) is 15.4. The van der Waals surface area contributed by atoms with Crippen LogP contribution < -0.4 is 4.90 Å². The summed E-state index contributed by atoms with van der Waals surface area (Å²) in [6.45, 7) is 9.56.